The second-order valence-electron chi connectivity index (χ2n) is 5.88. The highest BCUT2D eigenvalue weighted by atomic mass is 19.4. The van der Waals surface area contributed by atoms with Crippen LogP contribution in [-0.2, 0) is 17.8 Å². The fourth-order valence-corrected chi connectivity index (χ4v) is 2.57. The zero-order valence-corrected chi connectivity index (χ0v) is 14.5. The number of carbonyl (C=O) groups is 2. The Hall–Kier alpha value is -2.87. The van der Waals surface area contributed by atoms with Crippen LogP contribution in [0.1, 0.15) is 38.3 Å². The van der Waals surface area contributed by atoms with Crippen LogP contribution in [0.2, 0.25) is 0 Å². The number of aromatic carboxylic acids is 1. The van der Waals surface area contributed by atoms with E-state index < -0.39 is 24.5 Å². The molecule has 5 nitrogen and oxygen atoms in total. The maximum Gasteiger partial charge on any atom is 0.389 e. The zero-order valence-electron chi connectivity index (χ0n) is 14.5. The fourth-order valence-electron chi connectivity index (χ4n) is 2.57. The van der Waals surface area contributed by atoms with Gasteiger partial charge < -0.3 is 15.2 Å². The third-order valence-electron chi connectivity index (χ3n) is 3.75. The number of carbonyl (C=O) groups excluding carboxylic acids is 1. The van der Waals surface area contributed by atoms with E-state index in [-0.39, 0.29) is 35.4 Å². The molecule has 2 aromatic carbocycles. The molecule has 2 N–H and O–H groups in total. The predicted octanol–water partition coefficient (Wildman–Crippen LogP) is 4.28. The Bertz CT molecular complexity index is 834. The lowest BCUT2D eigenvalue weighted by Crippen LogP contribution is -2.16. The molecule has 0 spiro atoms. The summed E-state index contributed by atoms with van der Waals surface area (Å²) in [5.41, 5.74) is 1.09. The summed E-state index contributed by atoms with van der Waals surface area (Å²) in [6.45, 7) is 0.145. The quantitative estimate of drug-likeness (QED) is 0.751. The summed E-state index contributed by atoms with van der Waals surface area (Å²) >= 11 is 0. The normalized spacial score (nSPS) is 11.3. The molecule has 0 radical (unpaired) electrons. The van der Waals surface area contributed by atoms with Crippen molar-refractivity contribution < 1.29 is 32.6 Å². The van der Waals surface area contributed by atoms with Crippen LogP contribution in [0.5, 0.6) is 0 Å². The number of carboxylic acids is 1. The van der Waals surface area contributed by atoms with Gasteiger partial charge in [0.25, 0.3) is 5.91 Å². The molecule has 0 saturated carbocycles. The fraction of sp³-hybridized carbons (Fsp3) is 0.263. The molecule has 27 heavy (non-hydrogen) atoms. The minimum Gasteiger partial charge on any atom is -0.478 e. The molecule has 2 aromatic rings. The summed E-state index contributed by atoms with van der Waals surface area (Å²) in [6, 6.07) is 10.2. The van der Waals surface area contributed by atoms with Gasteiger partial charge in [-0.15, -0.1) is 0 Å². The van der Waals surface area contributed by atoms with Crippen molar-refractivity contribution in [3.8, 4) is 0 Å². The SMILES string of the molecule is COCc1cc(NC(=O)c2ccccc2CCC(F)(F)F)cc(C(=O)O)c1. The molecule has 1 amide bonds. The lowest BCUT2D eigenvalue weighted by atomic mass is 10.0. The highest BCUT2D eigenvalue weighted by Crippen LogP contribution is 2.24. The molecule has 0 saturated heterocycles. The van der Waals surface area contributed by atoms with Crippen LogP contribution in [0.25, 0.3) is 0 Å². The molecule has 0 aliphatic carbocycles. The van der Waals surface area contributed by atoms with Gasteiger partial charge in [0.2, 0.25) is 0 Å². The lowest BCUT2D eigenvalue weighted by Gasteiger charge is -2.13. The number of amides is 1. The van der Waals surface area contributed by atoms with Crippen molar-refractivity contribution in [2.24, 2.45) is 0 Å². The molecule has 0 bridgehead atoms. The van der Waals surface area contributed by atoms with Crippen molar-refractivity contribution in [3.05, 3.63) is 64.7 Å². The molecule has 0 aliphatic heterocycles. The first-order valence-electron chi connectivity index (χ1n) is 8.02. The highest BCUT2D eigenvalue weighted by Gasteiger charge is 2.27. The highest BCUT2D eigenvalue weighted by molar-refractivity contribution is 6.05. The van der Waals surface area contributed by atoms with Crippen LogP contribution in [-0.4, -0.2) is 30.3 Å². The topological polar surface area (TPSA) is 75.6 Å². The van der Waals surface area contributed by atoms with Crippen molar-refractivity contribution >= 4 is 17.6 Å². The minimum absolute atomic E-state index is 0.0368. The van der Waals surface area contributed by atoms with Gasteiger partial charge in [-0.2, -0.15) is 13.2 Å². The number of halogens is 3. The van der Waals surface area contributed by atoms with Crippen molar-refractivity contribution in [2.75, 3.05) is 12.4 Å². The van der Waals surface area contributed by atoms with E-state index in [9.17, 15) is 27.9 Å². The Morgan fingerprint density at radius 1 is 1.15 bits per heavy atom. The smallest absolute Gasteiger partial charge is 0.389 e. The van der Waals surface area contributed by atoms with E-state index in [0.717, 1.165) is 0 Å². The number of nitrogens with one attached hydrogen (secondary N) is 1. The van der Waals surface area contributed by atoms with Gasteiger partial charge in [-0.3, -0.25) is 4.79 Å². The van der Waals surface area contributed by atoms with Crippen molar-refractivity contribution in [1.29, 1.82) is 0 Å². The van der Waals surface area contributed by atoms with E-state index in [1.165, 1.54) is 31.4 Å². The summed E-state index contributed by atoms with van der Waals surface area (Å²) in [6.07, 6.45) is -5.69. The number of alkyl halides is 3. The van der Waals surface area contributed by atoms with Crippen molar-refractivity contribution in [1.82, 2.24) is 0 Å². The molecule has 0 aliphatic rings. The zero-order chi connectivity index (χ0) is 20.0. The first-order valence-corrected chi connectivity index (χ1v) is 8.02. The van der Waals surface area contributed by atoms with Crippen LogP contribution in [0.15, 0.2) is 42.5 Å². The van der Waals surface area contributed by atoms with E-state index in [1.807, 2.05) is 0 Å². The number of ether oxygens (including phenoxy) is 1. The van der Waals surface area contributed by atoms with E-state index in [4.69, 9.17) is 4.74 Å². The first-order chi connectivity index (χ1) is 12.7. The molecule has 144 valence electrons. The number of rotatable bonds is 7. The molecular weight excluding hydrogens is 363 g/mol. The van der Waals surface area contributed by atoms with Crippen LogP contribution >= 0.6 is 0 Å². The monoisotopic (exact) mass is 381 g/mol. The van der Waals surface area contributed by atoms with Crippen LogP contribution < -0.4 is 5.32 Å². The molecule has 2 rings (SSSR count). The van der Waals surface area contributed by atoms with E-state index in [2.05, 4.69) is 5.32 Å². The summed E-state index contributed by atoms with van der Waals surface area (Å²) in [7, 11) is 1.45. The molecular formula is C19H18F3NO4. The second kappa shape index (κ2) is 8.68. The van der Waals surface area contributed by atoms with Gasteiger partial charge in [0.1, 0.15) is 0 Å². The number of hydrogen-bond donors (Lipinski definition) is 2. The Kier molecular flexibility index (Phi) is 6.57. The van der Waals surface area contributed by atoms with Gasteiger partial charge in [-0.25, -0.2) is 4.79 Å². The third kappa shape index (κ3) is 6.10. The largest absolute Gasteiger partial charge is 0.478 e. The Balaban J connectivity index is 2.26. The van der Waals surface area contributed by atoms with Crippen molar-refractivity contribution in [3.63, 3.8) is 0 Å². The van der Waals surface area contributed by atoms with Gasteiger partial charge in [-0.05, 0) is 41.8 Å². The van der Waals surface area contributed by atoms with Crippen LogP contribution in [0.3, 0.4) is 0 Å². The van der Waals surface area contributed by atoms with Crippen LogP contribution in [0.4, 0.5) is 18.9 Å². The number of hydrogen-bond acceptors (Lipinski definition) is 3. The number of carboxylic acid groups (broad SMARTS) is 1. The minimum atomic E-state index is -4.32. The number of benzene rings is 2. The molecule has 8 heteroatoms. The van der Waals surface area contributed by atoms with E-state index >= 15 is 0 Å². The average molecular weight is 381 g/mol. The van der Waals surface area contributed by atoms with Gasteiger partial charge in [0, 0.05) is 24.8 Å². The maximum absolute atomic E-state index is 12.5. The molecule has 0 atom stereocenters. The Morgan fingerprint density at radius 3 is 2.48 bits per heavy atom. The van der Waals surface area contributed by atoms with E-state index in [0.29, 0.717) is 5.56 Å². The third-order valence-corrected chi connectivity index (χ3v) is 3.75. The number of methoxy groups -OCH3 is 1. The van der Waals surface area contributed by atoms with Gasteiger partial charge >= 0.3 is 12.1 Å². The standard InChI is InChI=1S/C19H18F3NO4/c1-27-11-12-8-14(18(25)26)10-15(9-12)23-17(24)16-5-3-2-4-13(16)6-7-19(20,21)22/h2-5,8-10H,6-7,11H2,1H3,(H,23,24)(H,25,26). The summed E-state index contributed by atoms with van der Waals surface area (Å²) < 4.78 is 42.4. The predicted molar refractivity (Wildman–Crippen MR) is 92.9 cm³/mol. The average Bonchev–Trinajstić information content (AvgIpc) is 2.59. The number of anilines is 1. The second-order valence-corrected chi connectivity index (χ2v) is 5.88. The van der Waals surface area contributed by atoms with Gasteiger partial charge in [-0.1, -0.05) is 18.2 Å². The summed E-state index contributed by atoms with van der Waals surface area (Å²) in [5.74, 6) is -1.78. The summed E-state index contributed by atoms with van der Waals surface area (Å²) in [4.78, 5) is 23.8. The molecule has 0 unspecified atom stereocenters. The summed E-state index contributed by atoms with van der Waals surface area (Å²) in [5, 5.41) is 11.7. The molecule has 0 heterocycles. The Labute approximate surface area is 153 Å². The van der Waals surface area contributed by atoms with Crippen molar-refractivity contribution in [2.45, 2.75) is 25.6 Å². The number of aryl methyl sites for hydroxylation is 1. The first kappa shape index (κ1) is 20.4. The van der Waals surface area contributed by atoms with Crippen LogP contribution in [0, 0.1) is 0 Å². The molecule has 0 aromatic heterocycles. The van der Waals surface area contributed by atoms with Gasteiger partial charge in [0.05, 0.1) is 12.2 Å². The van der Waals surface area contributed by atoms with Gasteiger partial charge in [0.15, 0.2) is 0 Å². The lowest BCUT2D eigenvalue weighted by molar-refractivity contribution is -0.134. The Morgan fingerprint density at radius 2 is 1.85 bits per heavy atom. The van der Waals surface area contributed by atoms with E-state index in [1.54, 1.807) is 18.2 Å². The maximum atomic E-state index is 12.5. The molecule has 0 fully saturated rings.